The van der Waals surface area contributed by atoms with Gasteiger partial charge in [-0.3, -0.25) is 4.90 Å². The summed E-state index contributed by atoms with van der Waals surface area (Å²) in [6.07, 6.45) is 3.77. The summed E-state index contributed by atoms with van der Waals surface area (Å²) in [5.74, 6) is 0. The molecule has 1 aliphatic rings. The second kappa shape index (κ2) is 6.53. The Balaban J connectivity index is 1.79. The topological polar surface area (TPSA) is 15.3 Å². The maximum Gasteiger partial charge on any atom is 0.0236 e. The molecule has 2 heteroatoms. The van der Waals surface area contributed by atoms with Crippen molar-refractivity contribution in [3.8, 4) is 0 Å². The Morgan fingerprint density at radius 2 is 1.89 bits per heavy atom. The van der Waals surface area contributed by atoms with Crippen molar-refractivity contribution in [2.45, 2.75) is 52.1 Å². The molecule has 0 unspecified atom stereocenters. The number of aryl methyl sites for hydroxylation is 1. The van der Waals surface area contributed by atoms with Crippen LogP contribution in [0.2, 0.25) is 0 Å². The van der Waals surface area contributed by atoms with Gasteiger partial charge < -0.3 is 5.32 Å². The highest BCUT2D eigenvalue weighted by atomic mass is 15.1. The molecule has 0 fully saturated rings. The van der Waals surface area contributed by atoms with Crippen molar-refractivity contribution >= 4 is 0 Å². The van der Waals surface area contributed by atoms with Crippen LogP contribution in [0.1, 0.15) is 44.7 Å². The minimum absolute atomic E-state index is 0.241. The summed E-state index contributed by atoms with van der Waals surface area (Å²) in [5.41, 5.74) is 3.33. The molecule has 2 nitrogen and oxygen atoms in total. The van der Waals surface area contributed by atoms with E-state index in [0.29, 0.717) is 0 Å². The fraction of sp³-hybridized carbons (Fsp3) is 0.647. The molecule has 0 atom stereocenters. The Kier molecular flexibility index (Phi) is 5.00. The maximum atomic E-state index is 3.57. The quantitative estimate of drug-likeness (QED) is 0.836. The van der Waals surface area contributed by atoms with Gasteiger partial charge in [-0.05, 0) is 70.8 Å². The molecule has 106 valence electrons. The first-order valence-electron chi connectivity index (χ1n) is 7.59. The lowest BCUT2D eigenvalue weighted by Gasteiger charge is -2.23. The number of rotatable bonds is 4. The van der Waals surface area contributed by atoms with Gasteiger partial charge in [0.1, 0.15) is 0 Å². The highest BCUT2D eigenvalue weighted by Gasteiger charge is 2.14. The fourth-order valence-corrected chi connectivity index (χ4v) is 2.73. The molecule has 0 saturated heterocycles. The third-order valence-corrected chi connectivity index (χ3v) is 3.74. The van der Waals surface area contributed by atoms with Gasteiger partial charge in [0.25, 0.3) is 0 Å². The van der Waals surface area contributed by atoms with Gasteiger partial charge in [0, 0.05) is 12.1 Å². The summed E-state index contributed by atoms with van der Waals surface area (Å²) < 4.78 is 0. The first-order valence-corrected chi connectivity index (χ1v) is 7.59. The van der Waals surface area contributed by atoms with E-state index in [4.69, 9.17) is 0 Å². The van der Waals surface area contributed by atoms with Crippen LogP contribution in [0.5, 0.6) is 0 Å². The third kappa shape index (κ3) is 4.96. The molecule has 0 radical (unpaired) electrons. The van der Waals surface area contributed by atoms with Crippen LogP contribution in [-0.2, 0) is 13.0 Å². The standard InChI is InChI=1S/C17H28N2/c1-17(2,3)18-11-7-13-19-12-6-10-15-8-4-5-9-16(15)14-19/h4-5,8-9,18H,6-7,10-14H2,1-3H3. The van der Waals surface area contributed by atoms with E-state index in [-0.39, 0.29) is 5.54 Å². The molecule has 1 aliphatic heterocycles. The van der Waals surface area contributed by atoms with Gasteiger partial charge in [-0.15, -0.1) is 0 Å². The van der Waals surface area contributed by atoms with Crippen LogP contribution < -0.4 is 5.32 Å². The van der Waals surface area contributed by atoms with E-state index in [1.165, 1.54) is 37.9 Å². The number of benzene rings is 1. The number of hydrogen-bond donors (Lipinski definition) is 1. The highest BCUT2D eigenvalue weighted by Crippen LogP contribution is 2.18. The average molecular weight is 260 g/mol. The largest absolute Gasteiger partial charge is 0.312 e. The minimum atomic E-state index is 0.241. The monoisotopic (exact) mass is 260 g/mol. The number of nitrogens with one attached hydrogen (secondary N) is 1. The van der Waals surface area contributed by atoms with Gasteiger partial charge in [0.2, 0.25) is 0 Å². The van der Waals surface area contributed by atoms with Crippen LogP contribution in [0.3, 0.4) is 0 Å². The molecule has 2 rings (SSSR count). The smallest absolute Gasteiger partial charge is 0.0236 e. The van der Waals surface area contributed by atoms with Crippen LogP contribution >= 0.6 is 0 Å². The molecule has 0 spiro atoms. The maximum absolute atomic E-state index is 3.57. The molecule has 1 N–H and O–H groups in total. The van der Waals surface area contributed by atoms with E-state index in [1.54, 1.807) is 5.56 Å². The van der Waals surface area contributed by atoms with Crippen molar-refractivity contribution in [1.82, 2.24) is 10.2 Å². The fourth-order valence-electron chi connectivity index (χ4n) is 2.73. The van der Waals surface area contributed by atoms with Crippen LogP contribution in [0.15, 0.2) is 24.3 Å². The summed E-state index contributed by atoms with van der Waals surface area (Å²) in [5, 5.41) is 3.57. The highest BCUT2D eigenvalue weighted by molar-refractivity contribution is 5.27. The zero-order chi connectivity index (χ0) is 13.7. The molecule has 0 bridgehead atoms. The van der Waals surface area contributed by atoms with Crippen molar-refractivity contribution < 1.29 is 0 Å². The first-order chi connectivity index (χ1) is 9.04. The van der Waals surface area contributed by atoms with Crippen LogP contribution in [-0.4, -0.2) is 30.1 Å². The Morgan fingerprint density at radius 1 is 1.16 bits per heavy atom. The lowest BCUT2D eigenvalue weighted by Crippen LogP contribution is -2.37. The van der Waals surface area contributed by atoms with E-state index >= 15 is 0 Å². The van der Waals surface area contributed by atoms with Crippen molar-refractivity contribution in [3.05, 3.63) is 35.4 Å². The number of nitrogens with zero attached hydrogens (tertiary/aromatic N) is 1. The zero-order valence-electron chi connectivity index (χ0n) is 12.7. The van der Waals surface area contributed by atoms with Crippen LogP contribution in [0.4, 0.5) is 0 Å². The molecular weight excluding hydrogens is 232 g/mol. The molecule has 1 aromatic rings. The summed E-state index contributed by atoms with van der Waals surface area (Å²) in [4.78, 5) is 2.61. The Hall–Kier alpha value is -0.860. The predicted octanol–water partition coefficient (Wildman–Crippen LogP) is 3.21. The summed E-state index contributed by atoms with van der Waals surface area (Å²) >= 11 is 0. The normalized spacial score (nSPS) is 17.0. The Morgan fingerprint density at radius 3 is 2.63 bits per heavy atom. The van der Waals surface area contributed by atoms with E-state index in [1.807, 2.05) is 0 Å². The van der Waals surface area contributed by atoms with Gasteiger partial charge in [0.05, 0.1) is 0 Å². The summed E-state index contributed by atoms with van der Waals surface area (Å²) in [7, 11) is 0. The number of fused-ring (bicyclic) bond motifs is 1. The van der Waals surface area contributed by atoms with Crippen LogP contribution in [0.25, 0.3) is 0 Å². The van der Waals surface area contributed by atoms with E-state index in [0.717, 1.165) is 13.1 Å². The van der Waals surface area contributed by atoms with Crippen LogP contribution in [0, 0.1) is 0 Å². The Labute approximate surface area is 118 Å². The third-order valence-electron chi connectivity index (χ3n) is 3.74. The molecule has 0 amide bonds. The van der Waals surface area contributed by atoms with Gasteiger partial charge in [-0.1, -0.05) is 24.3 Å². The first kappa shape index (κ1) is 14.5. The van der Waals surface area contributed by atoms with Gasteiger partial charge >= 0.3 is 0 Å². The van der Waals surface area contributed by atoms with E-state index in [9.17, 15) is 0 Å². The lowest BCUT2D eigenvalue weighted by molar-refractivity contribution is 0.260. The summed E-state index contributed by atoms with van der Waals surface area (Å²) in [6, 6.07) is 8.92. The SMILES string of the molecule is CC(C)(C)NCCCN1CCCc2ccccc2C1. The Bertz CT molecular complexity index is 392. The second-order valence-electron chi connectivity index (χ2n) is 6.68. The molecule has 0 aliphatic carbocycles. The van der Waals surface area contributed by atoms with Gasteiger partial charge in [-0.25, -0.2) is 0 Å². The molecule has 19 heavy (non-hydrogen) atoms. The van der Waals surface area contributed by atoms with Gasteiger partial charge in [0.15, 0.2) is 0 Å². The van der Waals surface area contributed by atoms with E-state index in [2.05, 4.69) is 55.3 Å². The molecule has 1 aromatic carbocycles. The molecular formula is C17H28N2. The molecule has 0 aromatic heterocycles. The summed E-state index contributed by atoms with van der Waals surface area (Å²) in [6.45, 7) is 11.4. The van der Waals surface area contributed by atoms with Crippen molar-refractivity contribution in [2.24, 2.45) is 0 Å². The number of hydrogen-bond acceptors (Lipinski definition) is 2. The van der Waals surface area contributed by atoms with Crippen molar-refractivity contribution in [1.29, 1.82) is 0 Å². The second-order valence-corrected chi connectivity index (χ2v) is 6.68. The van der Waals surface area contributed by atoms with Crippen molar-refractivity contribution in [2.75, 3.05) is 19.6 Å². The van der Waals surface area contributed by atoms with Crippen molar-refractivity contribution in [3.63, 3.8) is 0 Å². The lowest BCUT2D eigenvalue weighted by atomic mass is 10.0. The average Bonchev–Trinajstić information content (AvgIpc) is 2.55. The van der Waals surface area contributed by atoms with Gasteiger partial charge in [-0.2, -0.15) is 0 Å². The minimum Gasteiger partial charge on any atom is -0.312 e. The predicted molar refractivity (Wildman–Crippen MR) is 82.4 cm³/mol. The molecule has 0 saturated carbocycles. The molecule has 1 heterocycles. The van der Waals surface area contributed by atoms with E-state index < -0.39 is 0 Å². The zero-order valence-corrected chi connectivity index (χ0v) is 12.7.